The lowest BCUT2D eigenvalue weighted by molar-refractivity contribution is 0.0747. The highest BCUT2D eigenvalue weighted by atomic mass is 32.2. The van der Waals surface area contributed by atoms with Crippen molar-refractivity contribution in [3.63, 3.8) is 0 Å². The molecule has 0 saturated heterocycles. The van der Waals surface area contributed by atoms with Gasteiger partial charge in [-0.25, -0.2) is 9.07 Å². The summed E-state index contributed by atoms with van der Waals surface area (Å²) in [6, 6.07) is 5.79. The zero-order chi connectivity index (χ0) is 19.3. The number of nitrogens with zero attached hydrogens (tertiary/aromatic N) is 4. The predicted molar refractivity (Wildman–Crippen MR) is 99.9 cm³/mol. The van der Waals surface area contributed by atoms with Crippen molar-refractivity contribution < 1.29 is 14.3 Å². The standard InChI is InChI=1S/C18H17FN4O3S/c1-21-7-8-22-13-12(15(24)14(22)18(21)26)17(25)23(20-16(13)27-2)9-10-3-5-11(19)6-4-10/h3-6,24H,7-9H2,1-2H3. The van der Waals surface area contributed by atoms with Gasteiger partial charge in [0, 0.05) is 20.1 Å². The maximum atomic E-state index is 13.1. The minimum Gasteiger partial charge on any atom is -0.505 e. The topological polar surface area (TPSA) is 80.4 Å². The van der Waals surface area contributed by atoms with Crippen molar-refractivity contribution in [1.29, 1.82) is 0 Å². The quantitative estimate of drug-likeness (QED) is 0.693. The van der Waals surface area contributed by atoms with Crippen LogP contribution in [0.4, 0.5) is 4.39 Å². The van der Waals surface area contributed by atoms with Crippen LogP contribution in [0, 0.1) is 5.82 Å². The minimum absolute atomic E-state index is 0.0927. The number of benzene rings is 1. The molecule has 3 aromatic rings. The molecule has 1 amide bonds. The molecule has 0 fully saturated rings. The molecule has 140 valence electrons. The van der Waals surface area contributed by atoms with E-state index in [0.29, 0.717) is 29.2 Å². The first-order valence-electron chi connectivity index (χ1n) is 8.32. The molecular formula is C18H17FN4O3S. The lowest BCUT2D eigenvalue weighted by Gasteiger charge is -2.25. The molecule has 2 aromatic heterocycles. The molecule has 1 N–H and O–H groups in total. The Morgan fingerprint density at radius 1 is 1.22 bits per heavy atom. The van der Waals surface area contributed by atoms with Crippen LogP contribution in [-0.4, -0.2) is 50.1 Å². The van der Waals surface area contributed by atoms with Crippen molar-refractivity contribution >= 4 is 28.6 Å². The van der Waals surface area contributed by atoms with E-state index in [1.807, 2.05) is 6.26 Å². The molecule has 0 bridgehead atoms. The van der Waals surface area contributed by atoms with Crippen molar-refractivity contribution in [3.8, 4) is 5.75 Å². The van der Waals surface area contributed by atoms with Gasteiger partial charge in [-0.3, -0.25) is 9.59 Å². The SMILES string of the molecule is CSc1nn(Cc2ccc(F)cc2)c(=O)c2c(O)c3n(c12)CCN(C)C3=O. The summed E-state index contributed by atoms with van der Waals surface area (Å²) in [4.78, 5) is 27.0. The van der Waals surface area contributed by atoms with Crippen LogP contribution in [0.25, 0.3) is 10.9 Å². The molecule has 0 atom stereocenters. The third-order valence-corrected chi connectivity index (χ3v) is 5.41. The largest absolute Gasteiger partial charge is 0.505 e. The Hall–Kier alpha value is -2.81. The van der Waals surface area contributed by atoms with Crippen LogP contribution in [-0.2, 0) is 13.1 Å². The van der Waals surface area contributed by atoms with Gasteiger partial charge in [0.2, 0.25) is 0 Å². The summed E-state index contributed by atoms with van der Waals surface area (Å²) in [5, 5.41) is 15.7. The maximum Gasteiger partial charge on any atom is 0.280 e. The molecular weight excluding hydrogens is 371 g/mol. The van der Waals surface area contributed by atoms with Crippen LogP contribution < -0.4 is 5.56 Å². The van der Waals surface area contributed by atoms with Gasteiger partial charge in [-0.15, -0.1) is 11.8 Å². The summed E-state index contributed by atoms with van der Waals surface area (Å²) in [7, 11) is 1.66. The third-order valence-electron chi connectivity index (χ3n) is 4.75. The first-order chi connectivity index (χ1) is 12.9. The van der Waals surface area contributed by atoms with Crippen LogP contribution in [0.3, 0.4) is 0 Å². The average molecular weight is 388 g/mol. The van der Waals surface area contributed by atoms with Crippen LogP contribution >= 0.6 is 11.8 Å². The van der Waals surface area contributed by atoms with Gasteiger partial charge in [0.15, 0.2) is 11.4 Å². The first-order valence-corrected chi connectivity index (χ1v) is 9.55. The number of thioether (sulfide) groups is 1. The van der Waals surface area contributed by atoms with E-state index >= 15 is 0 Å². The number of hydrogen-bond donors (Lipinski definition) is 1. The zero-order valence-electron chi connectivity index (χ0n) is 14.8. The van der Waals surface area contributed by atoms with E-state index in [1.54, 1.807) is 23.7 Å². The van der Waals surface area contributed by atoms with Crippen molar-refractivity contribution in [3.05, 3.63) is 51.7 Å². The molecule has 0 saturated carbocycles. The summed E-state index contributed by atoms with van der Waals surface area (Å²) in [5.74, 6) is -0.997. The Morgan fingerprint density at radius 3 is 2.59 bits per heavy atom. The molecule has 0 spiro atoms. The molecule has 0 radical (unpaired) electrons. The second-order valence-corrected chi connectivity index (χ2v) is 7.19. The van der Waals surface area contributed by atoms with Crippen LogP contribution in [0.5, 0.6) is 5.75 Å². The van der Waals surface area contributed by atoms with E-state index in [-0.39, 0.29) is 35.1 Å². The highest BCUT2D eigenvalue weighted by molar-refractivity contribution is 7.98. The average Bonchev–Trinajstić information content (AvgIpc) is 2.96. The molecule has 27 heavy (non-hydrogen) atoms. The lowest BCUT2D eigenvalue weighted by Crippen LogP contribution is -2.37. The molecule has 1 aliphatic heterocycles. The number of carbonyl (C=O) groups is 1. The second-order valence-electron chi connectivity index (χ2n) is 6.40. The van der Waals surface area contributed by atoms with Crippen molar-refractivity contribution in [1.82, 2.24) is 19.2 Å². The maximum absolute atomic E-state index is 13.1. The fourth-order valence-electron chi connectivity index (χ4n) is 3.34. The number of hydrogen-bond acceptors (Lipinski definition) is 5. The molecule has 7 nitrogen and oxygen atoms in total. The smallest absolute Gasteiger partial charge is 0.280 e. The molecule has 3 heterocycles. The number of carbonyl (C=O) groups excluding carboxylic acids is 1. The Kier molecular flexibility index (Phi) is 4.18. The molecule has 1 aromatic carbocycles. The number of aromatic hydroxyl groups is 1. The number of rotatable bonds is 3. The zero-order valence-corrected chi connectivity index (χ0v) is 15.6. The molecule has 4 rings (SSSR count). The second kappa shape index (κ2) is 6.41. The number of aromatic nitrogens is 3. The van der Waals surface area contributed by atoms with E-state index < -0.39 is 5.56 Å². The summed E-state index contributed by atoms with van der Waals surface area (Å²) in [5.41, 5.74) is 0.822. The Morgan fingerprint density at radius 2 is 1.93 bits per heavy atom. The summed E-state index contributed by atoms with van der Waals surface area (Å²) >= 11 is 1.33. The number of likely N-dealkylation sites (N-methyl/N-ethyl adjacent to an activating group) is 1. The monoisotopic (exact) mass is 388 g/mol. The van der Waals surface area contributed by atoms with Crippen LogP contribution in [0.1, 0.15) is 16.1 Å². The summed E-state index contributed by atoms with van der Waals surface area (Å²) in [6.45, 7) is 1.10. The fourth-order valence-corrected chi connectivity index (χ4v) is 3.93. The molecule has 9 heteroatoms. The Bertz CT molecular complexity index is 1120. The Labute approximate surface area is 158 Å². The highest BCUT2D eigenvalue weighted by Crippen LogP contribution is 2.36. The van der Waals surface area contributed by atoms with Gasteiger partial charge in [-0.2, -0.15) is 5.10 Å². The van der Waals surface area contributed by atoms with Crippen molar-refractivity contribution in [2.75, 3.05) is 19.8 Å². The third kappa shape index (κ3) is 2.69. The number of halogens is 1. The summed E-state index contributed by atoms with van der Waals surface area (Å²) < 4.78 is 16.0. The van der Waals surface area contributed by atoms with Gasteiger partial charge in [0.25, 0.3) is 11.5 Å². The number of amides is 1. The highest BCUT2D eigenvalue weighted by Gasteiger charge is 2.32. The van der Waals surface area contributed by atoms with Gasteiger partial charge in [0.05, 0.1) is 12.1 Å². The van der Waals surface area contributed by atoms with E-state index in [0.717, 1.165) is 0 Å². The van der Waals surface area contributed by atoms with Gasteiger partial charge in [-0.1, -0.05) is 12.1 Å². The van der Waals surface area contributed by atoms with Crippen LogP contribution in [0.15, 0.2) is 34.1 Å². The van der Waals surface area contributed by atoms with E-state index in [1.165, 1.54) is 33.5 Å². The van der Waals surface area contributed by atoms with Crippen molar-refractivity contribution in [2.24, 2.45) is 0 Å². The van der Waals surface area contributed by atoms with E-state index in [9.17, 15) is 19.1 Å². The Balaban J connectivity index is 1.95. The van der Waals surface area contributed by atoms with Gasteiger partial charge < -0.3 is 14.6 Å². The van der Waals surface area contributed by atoms with Crippen molar-refractivity contribution in [2.45, 2.75) is 18.1 Å². The van der Waals surface area contributed by atoms with E-state index in [4.69, 9.17) is 0 Å². The van der Waals surface area contributed by atoms with Gasteiger partial charge in [0.1, 0.15) is 16.2 Å². The fraction of sp³-hybridized carbons (Fsp3) is 0.278. The van der Waals surface area contributed by atoms with Gasteiger partial charge >= 0.3 is 0 Å². The number of fused-ring (bicyclic) bond motifs is 3. The van der Waals surface area contributed by atoms with Gasteiger partial charge in [-0.05, 0) is 24.0 Å². The molecule has 0 aliphatic carbocycles. The van der Waals surface area contributed by atoms with Crippen LogP contribution in [0.2, 0.25) is 0 Å². The van der Waals surface area contributed by atoms with E-state index in [2.05, 4.69) is 5.10 Å². The predicted octanol–water partition coefficient (Wildman–Crippen LogP) is 1.90. The molecule has 0 unspecified atom stereocenters. The first kappa shape index (κ1) is 17.6. The minimum atomic E-state index is -0.484. The summed E-state index contributed by atoms with van der Waals surface area (Å²) in [6.07, 6.45) is 1.82. The molecule has 1 aliphatic rings. The normalized spacial score (nSPS) is 14.0. The lowest BCUT2D eigenvalue weighted by atomic mass is 10.2.